The van der Waals surface area contributed by atoms with Crippen molar-refractivity contribution in [1.29, 1.82) is 0 Å². The van der Waals surface area contributed by atoms with Crippen LogP contribution >= 0.6 is 11.6 Å². The second-order valence-electron chi connectivity index (χ2n) is 3.55. The first-order chi connectivity index (χ1) is 6.63. The van der Waals surface area contributed by atoms with Gasteiger partial charge < -0.3 is 10.3 Å². The summed E-state index contributed by atoms with van der Waals surface area (Å²) in [6, 6.07) is 6.03. The Morgan fingerprint density at radius 3 is 2.71 bits per heavy atom. The van der Waals surface area contributed by atoms with E-state index in [0.717, 1.165) is 16.0 Å². The van der Waals surface area contributed by atoms with Gasteiger partial charge in [-0.25, -0.2) is 0 Å². The number of rotatable bonds is 1. The normalized spacial score (nSPS) is 11.1. The van der Waals surface area contributed by atoms with Crippen molar-refractivity contribution in [1.82, 2.24) is 4.57 Å². The molecule has 0 aliphatic heterocycles. The number of halogens is 1. The summed E-state index contributed by atoms with van der Waals surface area (Å²) in [5, 5.41) is 1.92. The molecule has 1 heterocycles. The third-order valence-corrected chi connectivity index (χ3v) is 2.85. The van der Waals surface area contributed by atoms with Gasteiger partial charge in [-0.15, -0.1) is 0 Å². The highest BCUT2D eigenvalue weighted by molar-refractivity contribution is 6.31. The molecule has 0 unspecified atom stereocenters. The van der Waals surface area contributed by atoms with E-state index in [4.69, 9.17) is 17.3 Å². The fourth-order valence-corrected chi connectivity index (χ4v) is 2.10. The smallest absolute Gasteiger partial charge is 0.0526 e. The maximum absolute atomic E-state index is 6.00. The van der Waals surface area contributed by atoms with Gasteiger partial charge in [-0.05, 0) is 30.7 Å². The minimum atomic E-state index is 0.522. The summed E-state index contributed by atoms with van der Waals surface area (Å²) in [7, 11) is 2.05. The van der Waals surface area contributed by atoms with Gasteiger partial charge in [-0.2, -0.15) is 0 Å². The lowest BCUT2D eigenvalue weighted by Gasteiger charge is -2.05. The lowest BCUT2D eigenvalue weighted by molar-refractivity contribution is 0.906. The standard InChI is InChI=1S/C11H13ClN2/c1-7-3-8-4-10(12)5-9(6-13)11(8)14(7)2/h3-5H,6,13H2,1-2H3. The van der Waals surface area contributed by atoms with Crippen LogP contribution in [-0.2, 0) is 13.6 Å². The van der Waals surface area contributed by atoms with E-state index in [1.54, 1.807) is 0 Å². The number of hydrogen-bond acceptors (Lipinski definition) is 1. The highest BCUT2D eigenvalue weighted by Crippen LogP contribution is 2.26. The Balaban J connectivity index is 2.88. The van der Waals surface area contributed by atoms with Crippen molar-refractivity contribution in [3.8, 4) is 0 Å². The molecule has 0 atom stereocenters. The van der Waals surface area contributed by atoms with Crippen molar-refractivity contribution in [2.45, 2.75) is 13.5 Å². The van der Waals surface area contributed by atoms with Crippen molar-refractivity contribution < 1.29 is 0 Å². The van der Waals surface area contributed by atoms with Crippen LogP contribution in [0, 0.1) is 6.92 Å². The van der Waals surface area contributed by atoms with Gasteiger partial charge in [0.25, 0.3) is 0 Å². The van der Waals surface area contributed by atoms with Gasteiger partial charge in [-0.3, -0.25) is 0 Å². The molecule has 2 aromatic rings. The highest BCUT2D eigenvalue weighted by atomic mass is 35.5. The number of hydrogen-bond donors (Lipinski definition) is 1. The zero-order valence-corrected chi connectivity index (χ0v) is 9.10. The van der Waals surface area contributed by atoms with Crippen LogP contribution in [0.4, 0.5) is 0 Å². The molecule has 0 bridgehead atoms. The molecule has 3 heteroatoms. The fraction of sp³-hybridized carbons (Fsp3) is 0.273. The Kier molecular flexibility index (Phi) is 2.25. The molecule has 14 heavy (non-hydrogen) atoms. The molecule has 0 aliphatic rings. The predicted octanol–water partition coefficient (Wildman–Crippen LogP) is 2.60. The Labute approximate surface area is 88.3 Å². The van der Waals surface area contributed by atoms with Crippen LogP contribution < -0.4 is 5.73 Å². The first-order valence-corrected chi connectivity index (χ1v) is 4.96. The molecule has 0 spiro atoms. The highest BCUT2D eigenvalue weighted by Gasteiger charge is 2.07. The summed E-state index contributed by atoms with van der Waals surface area (Å²) in [5.74, 6) is 0. The molecule has 1 aromatic carbocycles. The molecule has 0 fully saturated rings. The van der Waals surface area contributed by atoms with Crippen molar-refractivity contribution in [2.75, 3.05) is 0 Å². The Morgan fingerprint density at radius 2 is 2.07 bits per heavy atom. The molecule has 0 radical (unpaired) electrons. The Bertz CT molecular complexity index is 485. The predicted molar refractivity (Wildman–Crippen MR) is 60.6 cm³/mol. The second kappa shape index (κ2) is 3.30. The van der Waals surface area contributed by atoms with Crippen molar-refractivity contribution >= 4 is 22.5 Å². The summed E-state index contributed by atoms with van der Waals surface area (Å²) in [6.45, 7) is 2.60. The van der Waals surface area contributed by atoms with Crippen LogP contribution in [0.5, 0.6) is 0 Å². The van der Waals surface area contributed by atoms with E-state index in [9.17, 15) is 0 Å². The maximum atomic E-state index is 6.00. The molecule has 0 aliphatic carbocycles. The van der Waals surface area contributed by atoms with E-state index in [0.29, 0.717) is 6.54 Å². The molecule has 2 N–H and O–H groups in total. The molecular formula is C11H13ClN2. The van der Waals surface area contributed by atoms with Crippen LogP contribution in [0.1, 0.15) is 11.3 Å². The number of benzene rings is 1. The second-order valence-corrected chi connectivity index (χ2v) is 3.99. The number of nitrogens with two attached hydrogens (primary N) is 1. The first kappa shape index (κ1) is 9.56. The fourth-order valence-electron chi connectivity index (χ4n) is 1.85. The van der Waals surface area contributed by atoms with Gasteiger partial charge in [0.05, 0.1) is 5.52 Å². The van der Waals surface area contributed by atoms with E-state index >= 15 is 0 Å². The molecule has 0 saturated carbocycles. The molecule has 1 aromatic heterocycles. The number of aromatic nitrogens is 1. The van der Waals surface area contributed by atoms with Crippen LogP contribution in [0.25, 0.3) is 10.9 Å². The van der Waals surface area contributed by atoms with Crippen molar-refractivity contribution in [2.24, 2.45) is 12.8 Å². The molecule has 0 amide bonds. The monoisotopic (exact) mass is 208 g/mol. The summed E-state index contributed by atoms with van der Waals surface area (Å²) in [6.07, 6.45) is 0. The van der Waals surface area contributed by atoms with Crippen molar-refractivity contribution in [3.63, 3.8) is 0 Å². The van der Waals surface area contributed by atoms with Crippen LogP contribution in [-0.4, -0.2) is 4.57 Å². The summed E-state index contributed by atoms with van der Waals surface area (Å²) in [5.41, 5.74) is 9.20. The number of aryl methyl sites for hydroxylation is 2. The van der Waals surface area contributed by atoms with Gasteiger partial charge in [0, 0.05) is 29.7 Å². The third-order valence-electron chi connectivity index (χ3n) is 2.63. The van der Waals surface area contributed by atoms with Gasteiger partial charge in [0.1, 0.15) is 0 Å². The van der Waals surface area contributed by atoms with E-state index in [-0.39, 0.29) is 0 Å². The minimum absolute atomic E-state index is 0.522. The Hall–Kier alpha value is -0.990. The van der Waals surface area contributed by atoms with Crippen LogP contribution in [0.3, 0.4) is 0 Å². The third kappa shape index (κ3) is 1.31. The van der Waals surface area contributed by atoms with Crippen LogP contribution in [0.15, 0.2) is 18.2 Å². The molecule has 2 rings (SSSR count). The number of fused-ring (bicyclic) bond motifs is 1. The van der Waals surface area contributed by atoms with E-state index < -0.39 is 0 Å². The Morgan fingerprint density at radius 1 is 1.36 bits per heavy atom. The summed E-state index contributed by atoms with van der Waals surface area (Å²) in [4.78, 5) is 0. The lowest BCUT2D eigenvalue weighted by atomic mass is 10.1. The maximum Gasteiger partial charge on any atom is 0.0526 e. The average Bonchev–Trinajstić information content (AvgIpc) is 2.41. The topological polar surface area (TPSA) is 30.9 Å². The zero-order chi connectivity index (χ0) is 10.3. The summed E-state index contributed by atoms with van der Waals surface area (Å²) >= 11 is 6.00. The van der Waals surface area contributed by atoms with Gasteiger partial charge in [0.2, 0.25) is 0 Å². The van der Waals surface area contributed by atoms with Crippen molar-refractivity contribution in [3.05, 3.63) is 34.5 Å². The zero-order valence-electron chi connectivity index (χ0n) is 8.34. The van der Waals surface area contributed by atoms with E-state index in [1.165, 1.54) is 11.2 Å². The number of nitrogens with zero attached hydrogens (tertiary/aromatic N) is 1. The molecule has 2 nitrogen and oxygen atoms in total. The molecular weight excluding hydrogens is 196 g/mol. The lowest BCUT2D eigenvalue weighted by Crippen LogP contribution is -2.00. The minimum Gasteiger partial charge on any atom is -0.348 e. The van der Waals surface area contributed by atoms with Gasteiger partial charge >= 0.3 is 0 Å². The molecule has 74 valence electrons. The van der Waals surface area contributed by atoms with E-state index in [1.807, 2.05) is 19.2 Å². The van der Waals surface area contributed by atoms with Gasteiger partial charge in [-0.1, -0.05) is 11.6 Å². The van der Waals surface area contributed by atoms with E-state index in [2.05, 4.69) is 17.6 Å². The SMILES string of the molecule is Cc1cc2cc(Cl)cc(CN)c2n1C. The molecule has 0 saturated heterocycles. The largest absolute Gasteiger partial charge is 0.348 e. The average molecular weight is 209 g/mol. The summed E-state index contributed by atoms with van der Waals surface area (Å²) < 4.78 is 2.15. The van der Waals surface area contributed by atoms with Gasteiger partial charge in [0.15, 0.2) is 0 Å². The van der Waals surface area contributed by atoms with Crippen LogP contribution in [0.2, 0.25) is 5.02 Å². The first-order valence-electron chi connectivity index (χ1n) is 4.58. The quantitative estimate of drug-likeness (QED) is 0.768.